The lowest BCUT2D eigenvalue weighted by Crippen LogP contribution is -1.97. The molecular weight excluding hydrogens is 176 g/mol. The Bertz CT molecular complexity index is 416. The summed E-state index contributed by atoms with van der Waals surface area (Å²) in [6, 6.07) is 6.49. The fraction of sp³-hybridized carbons (Fsp3) is 0.167. The predicted molar refractivity (Wildman–Crippen MR) is 54.2 cm³/mol. The van der Waals surface area contributed by atoms with Gasteiger partial charge in [-0.1, -0.05) is 18.1 Å². The van der Waals surface area contributed by atoms with E-state index in [1.165, 1.54) is 6.92 Å². The molecule has 0 aliphatic heterocycles. The van der Waals surface area contributed by atoms with E-state index in [0.717, 1.165) is 0 Å². The molecule has 0 N–H and O–H groups in total. The number of carbonyl (C=O) groups excluding carboxylic acids is 2. The van der Waals surface area contributed by atoms with Crippen molar-refractivity contribution >= 4 is 11.6 Å². The lowest BCUT2D eigenvalue weighted by atomic mass is 10.1. The molecule has 0 aliphatic carbocycles. The Morgan fingerprint density at radius 1 is 1.07 bits per heavy atom. The lowest BCUT2D eigenvalue weighted by Gasteiger charge is -1.96. The minimum Gasteiger partial charge on any atom is -0.295 e. The van der Waals surface area contributed by atoms with Crippen LogP contribution in [-0.4, -0.2) is 11.6 Å². The van der Waals surface area contributed by atoms with E-state index in [1.807, 2.05) is 0 Å². The van der Waals surface area contributed by atoms with Crippen molar-refractivity contribution in [3.8, 4) is 11.8 Å². The van der Waals surface area contributed by atoms with E-state index < -0.39 is 0 Å². The summed E-state index contributed by atoms with van der Waals surface area (Å²) in [4.78, 5) is 22.2. The number of Topliss-reactive ketones (excluding diaryl/α,β-unsaturated/α-hetero) is 2. The van der Waals surface area contributed by atoms with Gasteiger partial charge < -0.3 is 0 Å². The molecule has 0 aromatic heterocycles. The van der Waals surface area contributed by atoms with Crippen LogP contribution < -0.4 is 0 Å². The smallest absolute Gasteiger partial charge is 0.235 e. The Labute approximate surface area is 82.9 Å². The Morgan fingerprint density at radius 2 is 1.57 bits per heavy atom. The summed E-state index contributed by atoms with van der Waals surface area (Å²) in [7, 11) is 0. The average molecular weight is 186 g/mol. The zero-order valence-corrected chi connectivity index (χ0v) is 8.13. The van der Waals surface area contributed by atoms with Gasteiger partial charge in [0.1, 0.15) is 0 Å². The number of hydrogen-bond donors (Lipinski definition) is 0. The van der Waals surface area contributed by atoms with Gasteiger partial charge in [-0.25, -0.2) is 0 Å². The highest BCUT2D eigenvalue weighted by atomic mass is 16.1. The van der Waals surface area contributed by atoms with Gasteiger partial charge in [0.2, 0.25) is 5.78 Å². The minimum atomic E-state index is -0.220. The first-order valence-electron chi connectivity index (χ1n) is 4.23. The van der Waals surface area contributed by atoms with Gasteiger partial charge in [-0.2, -0.15) is 0 Å². The Kier molecular flexibility index (Phi) is 3.19. The van der Waals surface area contributed by atoms with Gasteiger partial charge in [0, 0.05) is 11.1 Å². The fourth-order valence-corrected chi connectivity index (χ4v) is 1.04. The maximum atomic E-state index is 11.3. The SMILES string of the molecule is CC#CC(=O)c1ccc(C(C)=O)cc1. The number of rotatable bonds is 2. The Morgan fingerprint density at radius 3 is 2.00 bits per heavy atom. The summed E-state index contributed by atoms with van der Waals surface area (Å²) >= 11 is 0. The fourth-order valence-electron chi connectivity index (χ4n) is 1.04. The largest absolute Gasteiger partial charge is 0.295 e. The van der Waals surface area contributed by atoms with Crippen LogP contribution in [0.3, 0.4) is 0 Å². The zero-order chi connectivity index (χ0) is 10.6. The molecule has 70 valence electrons. The molecule has 0 unspecified atom stereocenters. The van der Waals surface area contributed by atoms with Crippen LogP contribution in [0.1, 0.15) is 34.6 Å². The third kappa shape index (κ3) is 2.30. The Hall–Kier alpha value is -1.88. The number of ketones is 2. The summed E-state index contributed by atoms with van der Waals surface area (Å²) in [6.07, 6.45) is 0. The summed E-state index contributed by atoms with van der Waals surface area (Å²) in [5.41, 5.74) is 1.12. The van der Waals surface area contributed by atoms with Crippen LogP contribution in [0, 0.1) is 11.8 Å². The molecule has 0 saturated heterocycles. The molecule has 0 atom stereocenters. The molecule has 1 aromatic rings. The second-order valence-corrected chi connectivity index (χ2v) is 2.84. The van der Waals surface area contributed by atoms with Gasteiger partial charge in [-0.3, -0.25) is 9.59 Å². The predicted octanol–water partition coefficient (Wildman–Crippen LogP) is 2.10. The molecule has 0 bridgehead atoms. The molecule has 0 radical (unpaired) electrons. The van der Waals surface area contributed by atoms with E-state index in [9.17, 15) is 9.59 Å². The molecule has 0 spiro atoms. The summed E-state index contributed by atoms with van der Waals surface area (Å²) in [6.45, 7) is 3.10. The van der Waals surface area contributed by atoms with Crippen molar-refractivity contribution in [3.63, 3.8) is 0 Å². The first-order valence-corrected chi connectivity index (χ1v) is 4.23. The molecule has 0 heterocycles. The van der Waals surface area contributed by atoms with Crippen molar-refractivity contribution < 1.29 is 9.59 Å². The standard InChI is InChI=1S/C12H10O2/c1-3-4-12(14)11-7-5-10(6-8-11)9(2)13/h5-8H,1-2H3. The summed E-state index contributed by atoms with van der Waals surface area (Å²) in [5, 5.41) is 0. The van der Waals surface area contributed by atoms with Crippen LogP contribution in [0.15, 0.2) is 24.3 Å². The third-order valence-corrected chi connectivity index (χ3v) is 1.79. The summed E-state index contributed by atoms with van der Waals surface area (Å²) < 4.78 is 0. The normalized spacial score (nSPS) is 8.71. The van der Waals surface area contributed by atoms with Crippen LogP contribution in [0.4, 0.5) is 0 Å². The van der Waals surface area contributed by atoms with Crippen molar-refractivity contribution in [1.82, 2.24) is 0 Å². The molecule has 0 amide bonds. The second kappa shape index (κ2) is 4.38. The van der Waals surface area contributed by atoms with Crippen LogP contribution in [0.5, 0.6) is 0 Å². The molecule has 0 fully saturated rings. The minimum absolute atomic E-state index is 0.00873. The van der Waals surface area contributed by atoms with E-state index in [1.54, 1.807) is 31.2 Å². The lowest BCUT2D eigenvalue weighted by molar-refractivity contribution is 0.101. The topological polar surface area (TPSA) is 34.1 Å². The number of carbonyl (C=O) groups is 2. The van der Waals surface area contributed by atoms with E-state index in [0.29, 0.717) is 11.1 Å². The van der Waals surface area contributed by atoms with Crippen molar-refractivity contribution in [2.45, 2.75) is 13.8 Å². The molecule has 1 rings (SSSR count). The van der Waals surface area contributed by atoms with Gasteiger partial charge in [0.25, 0.3) is 0 Å². The van der Waals surface area contributed by atoms with Gasteiger partial charge >= 0.3 is 0 Å². The van der Waals surface area contributed by atoms with Gasteiger partial charge in [-0.05, 0) is 31.9 Å². The molecule has 0 aliphatic rings. The molecular formula is C12H10O2. The van der Waals surface area contributed by atoms with Gasteiger partial charge in [-0.15, -0.1) is 0 Å². The van der Waals surface area contributed by atoms with Crippen molar-refractivity contribution in [2.24, 2.45) is 0 Å². The summed E-state index contributed by atoms with van der Waals surface area (Å²) in [5.74, 6) is 4.74. The molecule has 2 nitrogen and oxygen atoms in total. The maximum absolute atomic E-state index is 11.3. The molecule has 0 saturated carbocycles. The molecule has 2 heteroatoms. The average Bonchev–Trinajstić information content (AvgIpc) is 2.18. The number of benzene rings is 1. The Balaban J connectivity index is 2.98. The number of hydrogen-bond acceptors (Lipinski definition) is 2. The first-order chi connectivity index (χ1) is 6.65. The van der Waals surface area contributed by atoms with Crippen LogP contribution in [0.25, 0.3) is 0 Å². The van der Waals surface area contributed by atoms with Crippen LogP contribution in [0.2, 0.25) is 0 Å². The monoisotopic (exact) mass is 186 g/mol. The molecule has 1 aromatic carbocycles. The second-order valence-electron chi connectivity index (χ2n) is 2.84. The van der Waals surface area contributed by atoms with E-state index in [-0.39, 0.29) is 11.6 Å². The highest BCUT2D eigenvalue weighted by Gasteiger charge is 2.03. The first kappa shape index (κ1) is 10.2. The van der Waals surface area contributed by atoms with Crippen molar-refractivity contribution in [3.05, 3.63) is 35.4 Å². The highest BCUT2D eigenvalue weighted by Crippen LogP contribution is 2.05. The quantitative estimate of drug-likeness (QED) is 0.402. The van der Waals surface area contributed by atoms with Crippen molar-refractivity contribution in [1.29, 1.82) is 0 Å². The van der Waals surface area contributed by atoms with E-state index in [2.05, 4.69) is 11.8 Å². The van der Waals surface area contributed by atoms with Gasteiger partial charge in [0.15, 0.2) is 5.78 Å². The van der Waals surface area contributed by atoms with Crippen molar-refractivity contribution in [2.75, 3.05) is 0 Å². The van der Waals surface area contributed by atoms with E-state index >= 15 is 0 Å². The van der Waals surface area contributed by atoms with Crippen LogP contribution in [-0.2, 0) is 0 Å². The van der Waals surface area contributed by atoms with Crippen LogP contribution >= 0.6 is 0 Å². The highest BCUT2D eigenvalue weighted by molar-refractivity contribution is 6.09. The molecule has 14 heavy (non-hydrogen) atoms. The van der Waals surface area contributed by atoms with Gasteiger partial charge in [0.05, 0.1) is 0 Å². The maximum Gasteiger partial charge on any atom is 0.235 e. The third-order valence-electron chi connectivity index (χ3n) is 1.79. The zero-order valence-electron chi connectivity index (χ0n) is 8.13. The van der Waals surface area contributed by atoms with E-state index in [4.69, 9.17) is 0 Å².